The van der Waals surface area contributed by atoms with E-state index in [2.05, 4.69) is 0 Å². The van der Waals surface area contributed by atoms with E-state index in [1.165, 1.54) is 0 Å². The Morgan fingerprint density at radius 1 is 1.19 bits per heavy atom. The molecule has 0 aromatic carbocycles. The summed E-state index contributed by atoms with van der Waals surface area (Å²) in [6.45, 7) is 5.72. The number of nitrogens with zero attached hydrogens (tertiary/aromatic N) is 2. The smallest absolute Gasteiger partial charge is 0.320 e. The molecule has 0 aliphatic rings. The van der Waals surface area contributed by atoms with E-state index in [-0.39, 0.29) is 18.4 Å². The van der Waals surface area contributed by atoms with Gasteiger partial charge in [-0.2, -0.15) is 0 Å². The van der Waals surface area contributed by atoms with Crippen LogP contribution < -0.4 is 0 Å². The molecule has 0 heterocycles. The SMILES string of the molecule is CCOC(=O)CN(CC)CCC(=O)N(C)C. The number of carbonyl (C=O) groups excluding carboxylic acids is 2. The molecule has 0 atom stereocenters. The molecule has 94 valence electrons. The molecule has 0 saturated heterocycles. The molecular formula is C11H22N2O3. The Morgan fingerprint density at radius 3 is 2.25 bits per heavy atom. The molecule has 0 unspecified atom stereocenters. The summed E-state index contributed by atoms with van der Waals surface area (Å²) in [5, 5.41) is 0. The Hall–Kier alpha value is -1.10. The minimum Gasteiger partial charge on any atom is -0.465 e. The van der Waals surface area contributed by atoms with E-state index in [4.69, 9.17) is 4.74 Å². The van der Waals surface area contributed by atoms with Crippen LogP contribution in [0.2, 0.25) is 0 Å². The van der Waals surface area contributed by atoms with Crippen LogP contribution in [0.15, 0.2) is 0 Å². The van der Waals surface area contributed by atoms with Gasteiger partial charge in [0.2, 0.25) is 5.91 Å². The van der Waals surface area contributed by atoms with E-state index < -0.39 is 0 Å². The molecule has 1 amide bonds. The van der Waals surface area contributed by atoms with Crippen LogP contribution in [-0.4, -0.2) is 62.0 Å². The quantitative estimate of drug-likeness (QED) is 0.592. The lowest BCUT2D eigenvalue weighted by atomic mass is 10.3. The monoisotopic (exact) mass is 230 g/mol. The largest absolute Gasteiger partial charge is 0.465 e. The zero-order chi connectivity index (χ0) is 12.6. The highest BCUT2D eigenvalue weighted by Crippen LogP contribution is 1.95. The van der Waals surface area contributed by atoms with Crippen molar-refractivity contribution in [2.24, 2.45) is 0 Å². The second-order valence-corrected chi connectivity index (χ2v) is 3.71. The van der Waals surface area contributed by atoms with Crippen LogP contribution in [0.4, 0.5) is 0 Å². The molecular weight excluding hydrogens is 208 g/mol. The Balaban J connectivity index is 3.92. The van der Waals surface area contributed by atoms with Crippen LogP contribution in [-0.2, 0) is 14.3 Å². The summed E-state index contributed by atoms with van der Waals surface area (Å²) in [7, 11) is 3.45. The lowest BCUT2D eigenvalue weighted by Gasteiger charge is -2.19. The molecule has 0 bridgehead atoms. The number of esters is 1. The maximum atomic E-state index is 11.4. The summed E-state index contributed by atoms with van der Waals surface area (Å²) >= 11 is 0. The van der Waals surface area contributed by atoms with Gasteiger partial charge in [-0.05, 0) is 13.5 Å². The van der Waals surface area contributed by atoms with Gasteiger partial charge in [-0.15, -0.1) is 0 Å². The first kappa shape index (κ1) is 14.9. The number of carbonyl (C=O) groups is 2. The number of amides is 1. The summed E-state index contributed by atoms with van der Waals surface area (Å²) in [6, 6.07) is 0. The number of likely N-dealkylation sites (N-methyl/N-ethyl adjacent to an activating group) is 1. The highest BCUT2D eigenvalue weighted by Gasteiger charge is 2.12. The predicted octanol–water partition coefficient (Wildman–Crippen LogP) is 0.350. The van der Waals surface area contributed by atoms with Gasteiger partial charge in [-0.25, -0.2) is 0 Å². The zero-order valence-electron chi connectivity index (χ0n) is 10.7. The Kier molecular flexibility index (Phi) is 7.54. The number of hydrogen-bond acceptors (Lipinski definition) is 4. The third kappa shape index (κ3) is 6.40. The standard InChI is InChI=1S/C11H22N2O3/c1-5-13(9-11(15)16-6-2)8-7-10(14)12(3)4/h5-9H2,1-4H3. The molecule has 0 saturated carbocycles. The zero-order valence-corrected chi connectivity index (χ0v) is 10.7. The lowest BCUT2D eigenvalue weighted by Crippen LogP contribution is -2.34. The summed E-state index contributed by atoms with van der Waals surface area (Å²) in [5.74, 6) is -0.163. The van der Waals surface area contributed by atoms with Gasteiger partial charge in [0.15, 0.2) is 0 Å². The summed E-state index contributed by atoms with van der Waals surface area (Å²) in [4.78, 5) is 26.0. The van der Waals surface area contributed by atoms with Crippen molar-refractivity contribution in [2.75, 3.05) is 40.3 Å². The maximum Gasteiger partial charge on any atom is 0.320 e. The van der Waals surface area contributed by atoms with Crippen molar-refractivity contribution < 1.29 is 14.3 Å². The van der Waals surface area contributed by atoms with Gasteiger partial charge in [-0.1, -0.05) is 6.92 Å². The van der Waals surface area contributed by atoms with Gasteiger partial charge in [0.1, 0.15) is 0 Å². The van der Waals surface area contributed by atoms with E-state index in [9.17, 15) is 9.59 Å². The molecule has 0 N–H and O–H groups in total. The van der Waals surface area contributed by atoms with Gasteiger partial charge < -0.3 is 9.64 Å². The first-order valence-electron chi connectivity index (χ1n) is 5.59. The molecule has 5 heteroatoms. The highest BCUT2D eigenvalue weighted by molar-refractivity contribution is 5.76. The molecule has 16 heavy (non-hydrogen) atoms. The van der Waals surface area contributed by atoms with E-state index in [0.717, 1.165) is 6.54 Å². The fourth-order valence-corrected chi connectivity index (χ4v) is 1.22. The summed E-state index contributed by atoms with van der Waals surface area (Å²) in [6.07, 6.45) is 0.431. The van der Waals surface area contributed by atoms with Gasteiger partial charge in [0, 0.05) is 27.1 Å². The molecule has 0 aromatic rings. The molecule has 5 nitrogen and oxygen atoms in total. The molecule has 0 rings (SSSR count). The topological polar surface area (TPSA) is 49.9 Å². The first-order chi connectivity index (χ1) is 7.51. The molecule has 0 aliphatic carbocycles. The van der Waals surface area contributed by atoms with Crippen LogP contribution in [0.25, 0.3) is 0 Å². The van der Waals surface area contributed by atoms with Gasteiger partial charge in [0.05, 0.1) is 13.2 Å². The molecule has 0 aliphatic heterocycles. The van der Waals surface area contributed by atoms with Crippen molar-refractivity contribution in [1.82, 2.24) is 9.80 Å². The van der Waals surface area contributed by atoms with Gasteiger partial charge in [-0.3, -0.25) is 14.5 Å². The predicted molar refractivity (Wildman–Crippen MR) is 62.1 cm³/mol. The number of ether oxygens (including phenoxy) is 1. The van der Waals surface area contributed by atoms with Crippen molar-refractivity contribution in [3.63, 3.8) is 0 Å². The highest BCUT2D eigenvalue weighted by atomic mass is 16.5. The maximum absolute atomic E-state index is 11.4. The Labute approximate surface area is 97.3 Å². The minimum absolute atomic E-state index is 0.0716. The van der Waals surface area contributed by atoms with E-state index >= 15 is 0 Å². The molecule has 0 radical (unpaired) electrons. The lowest BCUT2D eigenvalue weighted by molar-refractivity contribution is -0.144. The van der Waals surface area contributed by atoms with E-state index in [1.807, 2.05) is 11.8 Å². The van der Waals surface area contributed by atoms with E-state index in [0.29, 0.717) is 19.6 Å². The Morgan fingerprint density at radius 2 is 1.81 bits per heavy atom. The Bertz CT molecular complexity index is 229. The second kappa shape index (κ2) is 8.10. The van der Waals surface area contributed by atoms with Crippen molar-refractivity contribution in [2.45, 2.75) is 20.3 Å². The normalized spacial score (nSPS) is 10.3. The van der Waals surface area contributed by atoms with Crippen LogP contribution in [0, 0.1) is 0 Å². The second-order valence-electron chi connectivity index (χ2n) is 3.71. The third-order valence-corrected chi connectivity index (χ3v) is 2.25. The first-order valence-corrected chi connectivity index (χ1v) is 5.59. The molecule has 0 aromatic heterocycles. The average Bonchev–Trinajstić information content (AvgIpc) is 2.23. The van der Waals surface area contributed by atoms with E-state index in [1.54, 1.807) is 25.9 Å². The fraction of sp³-hybridized carbons (Fsp3) is 0.818. The summed E-state index contributed by atoms with van der Waals surface area (Å²) in [5.41, 5.74) is 0. The van der Waals surface area contributed by atoms with Crippen molar-refractivity contribution in [3.8, 4) is 0 Å². The average molecular weight is 230 g/mol. The number of hydrogen-bond donors (Lipinski definition) is 0. The van der Waals surface area contributed by atoms with Crippen molar-refractivity contribution >= 4 is 11.9 Å². The van der Waals surface area contributed by atoms with Gasteiger partial charge >= 0.3 is 5.97 Å². The number of rotatable bonds is 7. The summed E-state index contributed by atoms with van der Waals surface area (Å²) < 4.78 is 4.85. The van der Waals surface area contributed by atoms with Crippen LogP contribution in [0.1, 0.15) is 20.3 Å². The van der Waals surface area contributed by atoms with Crippen LogP contribution in [0.3, 0.4) is 0 Å². The van der Waals surface area contributed by atoms with Gasteiger partial charge in [0.25, 0.3) is 0 Å². The minimum atomic E-state index is -0.235. The fourth-order valence-electron chi connectivity index (χ4n) is 1.22. The van der Waals surface area contributed by atoms with Crippen molar-refractivity contribution in [1.29, 1.82) is 0 Å². The molecule has 0 spiro atoms. The van der Waals surface area contributed by atoms with Crippen LogP contribution in [0.5, 0.6) is 0 Å². The van der Waals surface area contributed by atoms with Crippen LogP contribution >= 0.6 is 0 Å². The molecule has 0 fully saturated rings. The third-order valence-electron chi connectivity index (χ3n) is 2.25. The van der Waals surface area contributed by atoms with Crippen molar-refractivity contribution in [3.05, 3.63) is 0 Å².